The third-order valence-corrected chi connectivity index (χ3v) is 5.58. The minimum Gasteiger partial charge on any atom is -0.397 e. The van der Waals surface area contributed by atoms with Crippen molar-refractivity contribution in [3.8, 4) is 0 Å². The van der Waals surface area contributed by atoms with Crippen LogP contribution in [-0.4, -0.2) is 48.4 Å². The number of nitrogen functional groups attached to an aromatic ring is 1. The molecule has 1 aromatic heterocycles. The first-order chi connectivity index (χ1) is 10.2. The molecule has 2 saturated heterocycles. The molecule has 5 heteroatoms. The number of nitrogens with two attached hydrogens (primary N) is 1. The van der Waals surface area contributed by atoms with E-state index in [2.05, 4.69) is 4.90 Å². The van der Waals surface area contributed by atoms with Gasteiger partial charge in [0.1, 0.15) is 4.88 Å². The first kappa shape index (κ1) is 14.9. The van der Waals surface area contributed by atoms with Crippen LogP contribution < -0.4 is 5.73 Å². The maximum atomic E-state index is 12.6. The van der Waals surface area contributed by atoms with Gasteiger partial charge in [0.2, 0.25) is 0 Å². The SMILES string of the molecule is Nc1ccsc1C(=O)N1CCC[C@H](CN2CCCCC2)C1. The van der Waals surface area contributed by atoms with Crippen molar-refractivity contribution in [2.45, 2.75) is 32.1 Å². The molecule has 116 valence electrons. The van der Waals surface area contributed by atoms with Gasteiger partial charge in [-0.05, 0) is 56.1 Å². The second-order valence-corrected chi connectivity index (χ2v) is 7.24. The minimum atomic E-state index is 0.130. The first-order valence-electron chi connectivity index (χ1n) is 8.08. The van der Waals surface area contributed by atoms with Gasteiger partial charge in [0.25, 0.3) is 5.91 Å². The summed E-state index contributed by atoms with van der Waals surface area (Å²) in [6.45, 7) is 5.41. The van der Waals surface area contributed by atoms with E-state index in [-0.39, 0.29) is 5.91 Å². The molecule has 0 aliphatic carbocycles. The van der Waals surface area contributed by atoms with Crippen molar-refractivity contribution in [2.75, 3.05) is 38.5 Å². The highest BCUT2D eigenvalue weighted by molar-refractivity contribution is 7.12. The quantitative estimate of drug-likeness (QED) is 0.934. The van der Waals surface area contributed by atoms with Gasteiger partial charge in [-0.2, -0.15) is 0 Å². The number of hydrogen-bond acceptors (Lipinski definition) is 4. The number of amides is 1. The van der Waals surface area contributed by atoms with Crippen LogP contribution in [0.4, 0.5) is 5.69 Å². The lowest BCUT2D eigenvalue weighted by Gasteiger charge is -2.36. The van der Waals surface area contributed by atoms with Crippen LogP contribution in [-0.2, 0) is 0 Å². The second kappa shape index (κ2) is 6.79. The molecule has 3 rings (SSSR count). The van der Waals surface area contributed by atoms with Gasteiger partial charge in [0.05, 0.1) is 5.69 Å². The second-order valence-electron chi connectivity index (χ2n) is 6.33. The fraction of sp³-hybridized carbons (Fsp3) is 0.688. The summed E-state index contributed by atoms with van der Waals surface area (Å²) in [6.07, 6.45) is 6.42. The lowest BCUT2D eigenvalue weighted by atomic mass is 9.96. The Bertz CT molecular complexity index is 482. The Labute approximate surface area is 130 Å². The molecule has 0 radical (unpaired) electrons. The molecule has 21 heavy (non-hydrogen) atoms. The van der Waals surface area contributed by atoms with Gasteiger partial charge in [0.15, 0.2) is 0 Å². The fourth-order valence-corrected chi connectivity index (χ4v) is 4.33. The van der Waals surface area contributed by atoms with Crippen LogP contribution >= 0.6 is 11.3 Å². The van der Waals surface area contributed by atoms with Gasteiger partial charge >= 0.3 is 0 Å². The molecule has 0 bridgehead atoms. The lowest BCUT2D eigenvalue weighted by Crippen LogP contribution is -2.44. The highest BCUT2D eigenvalue weighted by Gasteiger charge is 2.27. The molecule has 0 aromatic carbocycles. The molecule has 3 heterocycles. The predicted molar refractivity (Wildman–Crippen MR) is 87.6 cm³/mol. The van der Waals surface area contributed by atoms with E-state index in [9.17, 15) is 4.79 Å². The summed E-state index contributed by atoms with van der Waals surface area (Å²) < 4.78 is 0. The normalized spacial score (nSPS) is 24.2. The van der Waals surface area contributed by atoms with E-state index >= 15 is 0 Å². The molecule has 2 aliphatic rings. The lowest BCUT2D eigenvalue weighted by molar-refractivity contribution is 0.0636. The summed E-state index contributed by atoms with van der Waals surface area (Å²) in [5.41, 5.74) is 6.51. The zero-order valence-electron chi connectivity index (χ0n) is 12.6. The van der Waals surface area contributed by atoms with Crippen LogP contribution in [0.1, 0.15) is 41.8 Å². The average molecular weight is 307 g/mol. The molecule has 1 aromatic rings. The van der Waals surface area contributed by atoms with Crippen LogP contribution in [0, 0.1) is 5.92 Å². The largest absolute Gasteiger partial charge is 0.397 e. The fourth-order valence-electron chi connectivity index (χ4n) is 3.54. The van der Waals surface area contributed by atoms with Crippen molar-refractivity contribution in [1.29, 1.82) is 0 Å². The van der Waals surface area contributed by atoms with E-state index in [4.69, 9.17) is 5.73 Å². The molecule has 0 saturated carbocycles. The van der Waals surface area contributed by atoms with E-state index in [0.717, 1.165) is 26.1 Å². The Kier molecular flexibility index (Phi) is 4.80. The van der Waals surface area contributed by atoms with Crippen molar-refractivity contribution in [2.24, 2.45) is 5.92 Å². The molecule has 0 unspecified atom stereocenters. The monoisotopic (exact) mass is 307 g/mol. The van der Waals surface area contributed by atoms with Crippen LogP contribution in [0.5, 0.6) is 0 Å². The standard InChI is InChI=1S/C16H25N3OS/c17-14-6-10-21-15(14)16(20)19-9-4-5-13(12-19)11-18-7-2-1-3-8-18/h6,10,13H,1-5,7-9,11-12,17H2/t13-/m1/s1. The zero-order valence-corrected chi connectivity index (χ0v) is 13.4. The molecule has 0 spiro atoms. The Hall–Kier alpha value is -1.07. The topological polar surface area (TPSA) is 49.6 Å². The third-order valence-electron chi connectivity index (χ3n) is 4.66. The number of anilines is 1. The van der Waals surface area contributed by atoms with Crippen LogP contribution in [0.2, 0.25) is 0 Å². The molecule has 2 fully saturated rings. The number of carbonyl (C=O) groups excluding carboxylic acids is 1. The van der Waals surface area contributed by atoms with Gasteiger partial charge in [-0.3, -0.25) is 4.79 Å². The summed E-state index contributed by atoms with van der Waals surface area (Å²) in [5.74, 6) is 0.757. The minimum absolute atomic E-state index is 0.130. The Morgan fingerprint density at radius 3 is 2.76 bits per heavy atom. The number of thiophene rings is 1. The maximum absolute atomic E-state index is 12.6. The summed E-state index contributed by atoms with van der Waals surface area (Å²) in [7, 11) is 0. The van der Waals surface area contributed by atoms with Crippen molar-refractivity contribution >= 4 is 22.9 Å². The Morgan fingerprint density at radius 2 is 2.05 bits per heavy atom. The number of hydrogen-bond donors (Lipinski definition) is 1. The number of nitrogens with zero attached hydrogens (tertiary/aromatic N) is 2. The Balaban J connectivity index is 1.57. The molecule has 2 aliphatic heterocycles. The van der Waals surface area contributed by atoms with E-state index in [1.807, 2.05) is 16.3 Å². The van der Waals surface area contributed by atoms with Crippen LogP contribution in [0.25, 0.3) is 0 Å². The summed E-state index contributed by atoms with van der Waals surface area (Å²) in [5, 5.41) is 1.90. The van der Waals surface area contributed by atoms with Crippen LogP contribution in [0.15, 0.2) is 11.4 Å². The van der Waals surface area contributed by atoms with E-state index in [1.165, 1.54) is 50.1 Å². The maximum Gasteiger partial charge on any atom is 0.266 e. The van der Waals surface area contributed by atoms with Crippen molar-refractivity contribution in [3.05, 3.63) is 16.3 Å². The zero-order chi connectivity index (χ0) is 14.7. The van der Waals surface area contributed by atoms with E-state index in [0.29, 0.717) is 16.5 Å². The summed E-state index contributed by atoms with van der Waals surface area (Å²) >= 11 is 1.46. The average Bonchev–Trinajstić information content (AvgIpc) is 2.94. The molecular formula is C16H25N3OS. The summed E-state index contributed by atoms with van der Waals surface area (Å²) in [4.78, 5) is 17.9. The number of piperidine rings is 2. The molecule has 2 N–H and O–H groups in total. The Morgan fingerprint density at radius 1 is 1.24 bits per heavy atom. The van der Waals surface area contributed by atoms with Gasteiger partial charge in [-0.25, -0.2) is 0 Å². The van der Waals surface area contributed by atoms with Gasteiger partial charge in [0, 0.05) is 19.6 Å². The summed E-state index contributed by atoms with van der Waals surface area (Å²) in [6, 6.07) is 1.83. The van der Waals surface area contributed by atoms with Crippen molar-refractivity contribution in [1.82, 2.24) is 9.80 Å². The molecule has 1 amide bonds. The molecule has 1 atom stereocenters. The predicted octanol–water partition coefficient (Wildman–Crippen LogP) is 2.67. The third kappa shape index (κ3) is 3.58. The number of carbonyl (C=O) groups is 1. The number of likely N-dealkylation sites (tertiary alicyclic amines) is 2. The molecule has 4 nitrogen and oxygen atoms in total. The van der Waals surface area contributed by atoms with E-state index < -0.39 is 0 Å². The number of rotatable bonds is 3. The highest BCUT2D eigenvalue weighted by atomic mass is 32.1. The van der Waals surface area contributed by atoms with Gasteiger partial charge in [-0.15, -0.1) is 11.3 Å². The van der Waals surface area contributed by atoms with Gasteiger partial charge < -0.3 is 15.5 Å². The van der Waals surface area contributed by atoms with Crippen molar-refractivity contribution in [3.63, 3.8) is 0 Å². The van der Waals surface area contributed by atoms with Crippen LogP contribution in [0.3, 0.4) is 0 Å². The smallest absolute Gasteiger partial charge is 0.266 e. The first-order valence-corrected chi connectivity index (χ1v) is 8.96. The van der Waals surface area contributed by atoms with Gasteiger partial charge in [-0.1, -0.05) is 6.42 Å². The molecular weight excluding hydrogens is 282 g/mol. The highest BCUT2D eigenvalue weighted by Crippen LogP contribution is 2.25. The van der Waals surface area contributed by atoms with Crippen molar-refractivity contribution < 1.29 is 4.79 Å². The van der Waals surface area contributed by atoms with E-state index in [1.54, 1.807) is 0 Å².